The van der Waals surface area contributed by atoms with Crippen molar-refractivity contribution in [3.8, 4) is 5.75 Å². The summed E-state index contributed by atoms with van der Waals surface area (Å²) in [7, 11) is 1.56. The molecule has 0 aromatic heterocycles. The van der Waals surface area contributed by atoms with Gasteiger partial charge in [-0.15, -0.1) is 0 Å². The molecule has 1 fully saturated rings. The Labute approximate surface area is 113 Å². The van der Waals surface area contributed by atoms with E-state index in [1.54, 1.807) is 13.2 Å². The van der Waals surface area contributed by atoms with Crippen LogP contribution in [0.2, 0.25) is 0 Å². The first-order valence-corrected chi connectivity index (χ1v) is 6.59. The van der Waals surface area contributed by atoms with Crippen molar-refractivity contribution >= 4 is 0 Å². The number of halogens is 1. The van der Waals surface area contributed by atoms with Gasteiger partial charge >= 0.3 is 0 Å². The zero-order valence-electron chi connectivity index (χ0n) is 11.3. The summed E-state index contributed by atoms with van der Waals surface area (Å²) in [5.41, 5.74) is 6.56. The van der Waals surface area contributed by atoms with E-state index >= 15 is 0 Å². The van der Waals surface area contributed by atoms with E-state index in [9.17, 15) is 4.39 Å². The van der Waals surface area contributed by atoms with Crippen molar-refractivity contribution in [1.29, 1.82) is 0 Å². The average molecular weight is 268 g/mol. The summed E-state index contributed by atoms with van der Waals surface area (Å²) in [6.07, 6.45) is 1.07. The van der Waals surface area contributed by atoms with Gasteiger partial charge in [0.05, 0.1) is 19.8 Å². The molecule has 0 aliphatic carbocycles. The number of methoxy groups -OCH3 is 1. The summed E-state index contributed by atoms with van der Waals surface area (Å²) in [6.45, 7) is 3.83. The predicted octanol–water partition coefficient (Wildman–Crippen LogP) is 1.38. The van der Waals surface area contributed by atoms with Crippen LogP contribution < -0.4 is 10.5 Å². The quantitative estimate of drug-likeness (QED) is 0.876. The third-order valence-corrected chi connectivity index (χ3v) is 3.35. The molecule has 5 heteroatoms. The van der Waals surface area contributed by atoms with Crippen LogP contribution in [0.3, 0.4) is 0 Å². The second kappa shape index (κ2) is 6.84. The van der Waals surface area contributed by atoms with Crippen LogP contribution in [0.15, 0.2) is 18.2 Å². The lowest BCUT2D eigenvalue weighted by molar-refractivity contribution is -0.0337. The molecule has 0 unspecified atom stereocenters. The summed E-state index contributed by atoms with van der Waals surface area (Å²) in [5.74, 6) is 0.324. The SMILES string of the molecule is COc1cc(F)ccc1CN1CCO[C@H](CCN)C1. The molecule has 0 saturated carbocycles. The molecule has 106 valence electrons. The smallest absolute Gasteiger partial charge is 0.126 e. The molecule has 0 spiro atoms. The molecule has 1 atom stereocenters. The minimum absolute atomic E-state index is 0.199. The topological polar surface area (TPSA) is 47.7 Å². The van der Waals surface area contributed by atoms with Crippen molar-refractivity contribution < 1.29 is 13.9 Å². The Morgan fingerprint density at radius 3 is 3.11 bits per heavy atom. The number of ether oxygens (including phenoxy) is 2. The highest BCUT2D eigenvalue weighted by Crippen LogP contribution is 2.22. The molecule has 0 amide bonds. The van der Waals surface area contributed by atoms with Gasteiger partial charge in [0, 0.05) is 31.3 Å². The molecule has 1 aliphatic rings. The van der Waals surface area contributed by atoms with E-state index in [2.05, 4.69) is 4.90 Å². The van der Waals surface area contributed by atoms with E-state index in [1.165, 1.54) is 12.1 Å². The van der Waals surface area contributed by atoms with Crippen molar-refractivity contribution in [2.75, 3.05) is 33.4 Å². The molecule has 1 saturated heterocycles. The molecule has 1 aromatic carbocycles. The average Bonchev–Trinajstić information content (AvgIpc) is 2.41. The van der Waals surface area contributed by atoms with Crippen LogP contribution in [-0.2, 0) is 11.3 Å². The van der Waals surface area contributed by atoms with E-state index in [4.69, 9.17) is 15.2 Å². The molecule has 19 heavy (non-hydrogen) atoms. The second-order valence-electron chi connectivity index (χ2n) is 4.76. The lowest BCUT2D eigenvalue weighted by atomic mass is 10.1. The van der Waals surface area contributed by atoms with Gasteiger partial charge in [0.25, 0.3) is 0 Å². The molecule has 0 bridgehead atoms. The summed E-state index contributed by atoms with van der Waals surface area (Å²) >= 11 is 0. The third-order valence-electron chi connectivity index (χ3n) is 3.35. The van der Waals surface area contributed by atoms with Gasteiger partial charge in [0.1, 0.15) is 11.6 Å². The van der Waals surface area contributed by atoms with Gasteiger partial charge in [0.15, 0.2) is 0 Å². The zero-order chi connectivity index (χ0) is 13.7. The van der Waals surface area contributed by atoms with Crippen molar-refractivity contribution in [2.45, 2.75) is 19.1 Å². The molecule has 2 N–H and O–H groups in total. The Morgan fingerprint density at radius 2 is 2.37 bits per heavy atom. The summed E-state index contributed by atoms with van der Waals surface area (Å²) in [5, 5.41) is 0. The van der Waals surface area contributed by atoms with Crippen LogP contribution >= 0.6 is 0 Å². The Bertz CT molecular complexity index is 412. The van der Waals surface area contributed by atoms with Crippen LogP contribution in [0, 0.1) is 5.82 Å². The maximum absolute atomic E-state index is 13.1. The number of benzene rings is 1. The summed E-state index contributed by atoms with van der Waals surface area (Å²) in [6, 6.07) is 4.67. The number of hydrogen-bond donors (Lipinski definition) is 1. The van der Waals surface area contributed by atoms with Gasteiger partial charge in [-0.3, -0.25) is 4.90 Å². The van der Waals surface area contributed by atoms with Gasteiger partial charge in [-0.25, -0.2) is 4.39 Å². The van der Waals surface area contributed by atoms with E-state index in [1.807, 2.05) is 0 Å². The van der Waals surface area contributed by atoms with E-state index in [-0.39, 0.29) is 11.9 Å². The van der Waals surface area contributed by atoms with Crippen LogP contribution in [0.4, 0.5) is 4.39 Å². The largest absolute Gasteiger partial charge is 0.496 e. The summed E-state index contributed by atoms with van der Waals surface area (Å²) < 4.78 is 24.0. The fraction of sp³-hybridized carbons (Fsp3) is 0.571. The number of rotatable bonds is 5. The van der Waals surface area contributed by atoms with Gasteiger partial charge in [-0.2, -0.15) is 0 Å². The Balaban J connectivity index is 2.00. The molecule has 0 radical (unpaired) electrons. The maximum atomic E-state index is 13.1. The highest BCUT2D eigenvalue weighted by molar-refractivity contribution is 5.33. The normalized spacial score (nSPS) is 20.5. The van der Waals surface area contributed by atoms with Crippen LogP contribution in [0.25, 0.3) is 0 Å². The van der Waals surface area contributed by atoms with Crippen molar-refractivity contribution in [1.82, 2.24) is 4.90 Å². The van der Waals surface area contributed by atoms with Gasteiger partial charge in [0.2, 0.25) is 0 Å². The first-order chi connectivity index (χ1) is 9.22. The van der Waals surface area contributed by atoms with Gasteiger partial charge in [-0.1, -0.05) is 6.07 Å². The van der Waals surface area contributed by atoms with Gasteiger partial charge in [-0.05, 0) is 19.0 Å². The van der Waals surface area contributed by atoms with Crippen molar-refractivity contribution in [3.05, 3.63) is 29.6 Å². The van der Waals surface area contributed by atoms with Crippen LogP contribution in [0.5, 0.6) is 5.75 Å². The number of hydrogen-bond acceptors (Lipinski definition) is 4. The lowest BCUT2D eigenvalue weighted by Crippen LogP contribution is -2.42. The van der Waals surface area contributed by atoms with E-state index < -0.39 is 0 Å². The zero-order valence-corrected chi connectivity index (χ0v) is 11.3. The Kier molecular flexibility index (Phi) is 5.13. The van der Waals surface area contributed by atoms with Crippen molar-refractivity contribution in [2.24, 2.45) is 5.73 Å². The molecule has 2 rings (SSSR count). The molecular formula is C14H21FN2O2. The van der Waals surface area contributed by atoms with E-state index in [0.717, 1.165) is 31.6 Å². The molecule has 1 heterocycles. The first-order valence-electron chi connectivity index (χ1n) is 6.59. The molecule has 1 aliphatic heterocycles. The number of nitrogens with zero attached hydrogens (tertiary/aromatic N) is 1. The van der Waals surface area contributed by atoms with Crippen LogP contribution in [-0.4, -0.2) is 44.4 Å². The number of morpholine rings is 1. The molecule has 1 aromatic rings. The second-order valence-corrected chi connectivity index (χ2v) is 4.76. The van der Waals surface area contributed by atoms with E-state index in [0.29, 0.717) is 18.9 Å². The number of nitrogens with two attached hydrogens (primary N) is 1. The monoisotopic (exact) mass is 268 g/mol. The Hall–Kier alpha value is -1.17. The molecular weight excluding hydrogens is 247 g/mol. The molecule has 4 nitrogen and oxygen atoms in total. The van der Waals surface area contributed by atoms with Gasteiger partial charge < -0.3 is 15.2 Å². The van der Waals surface area contributed by atoms with Crippen molar-refractivity contribution in [3.63, 3.8) is 0 Å². The standard InChI is InChI=1S/C14H21FN2O2/c1-18-14-8-12(15)3-2-11(14)9-17-6-7-19-13(10-17)4-5-16/h2-3,8,13H,4-7,9-10,16H2,1H3/t13-/m1/s1. The minimum Gasteiger partial charge on any atom is -0.496 e. The minimum atomic E-state index is -0.274. The fourth-order valence-corrected chi connectivity index (χ4v) is 2.37. The summed E-state index contributed by atoms with van der Waals surface area (Å²) in [4.78, 5) is 2.29. The predicted molar refractivity (Wildman–Crippen MR) is 71.6 cm³/mol. The lowest BCUT2D eigenvalue weighted by Gasteiger charge is -2.33. The third kappa shape index (κ3) is 3.89. The first kappa shape index (κ1) is 14.2. The highest BCUT2D eigenvalue weighted by atomic mass is 19.1. The Morgan fingerprint density at radius 1 is 1.53 bits per heavy atom. The fourth-order valence-electron chi connectivity index (χ4n) is 2.37. The van der Waals surface area contributed by atoms with Crippen LogP contribution in [0.1, 0.15) is 12.0 Å². The maximum Gasteiger partial charge on any atom is 0.126 e. The highest BCUT2D eigenvalue weighted by Gasteiger charge is 2.20.